The lowest BCUT2D eigenvalue weighted by Gasteiger charge is -2.49. The average molecular weight is 1500 g/mol. The van der Waals surface area contributed by atoms with Crippen molar-refractivity contribution < 1.29 is 152 Å². The maximum Gasteiger partial charge on any atom is 0.309 e. The molecule has 606 valence electrons. The van der Waals surface area contributed by atoms with Gasteiger partial charge in [0.2, 0.25) is 0 Å². The van der Waals surface area contributed by atoms with E-state index < -0.39 is 227 Å². The number of carbonyl (C=O) groups is 3. The molecule has 0 bridgehead atoms. The van der Waals surface area contributed by atoms with E-state index in [-0.39, 0.29) is 18.9 Å². The third-order valence-electron chi connectivity index (χ3n) is 21.4. The van der Waals surface area contributed by atoms with Gasteiger partial charge in [-0.25, -0.2) is 0 Å². The summed E-state index contributed by atoms with van der Waals surface area (Å²) in [5, 5.41) is 145. The fraction of sp³-hybridized carbons (Fsp3) is 0.959. The Bertz CT molecular complexity index is 2440. The van der Waals surface area contributed by atoms with E-state index in [1.165, 1.54) is 13.8 Å². The van der Waals surface area contributed by atoms with Crippen molar-refractivity contribution in [3.8, 4) is 0 Å². The van der Waals surface area contributed by atoms with E-state index in [2.05, 4.69) is 13.8 Å². The summed E-state index contributed by atoms with van der Waals surface area (Å²) in [6, 6.07) is 0. The standard InChI is InChI=1S/C73H128O31/c1-9-12-24-30-43(94-69-62(55(84)50(79)40(6)91-69)102-72-64(57(86)52(81)45(36-74)96-72)101-68-58(87)54(83)49(78)39(5)90-68)32-26-20-16-14-18-22-28-34-47(76)98-61-53(82)46(37-75)97-73-66(61)104-71-65(59(88)60(42(8)93-71)100-67(89)38(4)11-3)99-48(77)35-29-23-19-15-17-21-27-33-44(31-25-13-10-2)95-70-63(103-73)56(85)51(80)41(7)92-70/h38-46,49-66,68-75,78-88H,9-37H2,1-8H3/t38-,39+,40+,41+,42-,43-,44-,45+,46+,49+,50-,51-,52+,53+,54-,55-,56-,57-,58+,59+,60-,61-,62+,63+,64+,65+,66+,68-,69-,70-,71-,72-,73-/m0/s1. The molecular formula is C73H128O31. The van der Waals surface area contributed by atoms with Crippen molar-refractivity contribution in [2.45, 2.75) is 425 Å². The highest BCUT2D eigenvalue weighted by molar-refractivity contribution is 5.72. The lowest BCUT2D eigenvalue weighted by atomic mass is 9.96. The Morgan fingerprint density at radius 2 is 0.962 bits per heavy atom. The zero-order valence-corrected chi connectivity index (χ0v) is 62.2. The van der Waals surface area contributed by atoms with Crippen LogP contribution in [0.4, 0.5) is 0 Å². The minimum atomic E-state index is -1.86. The molecule has 31 heteroatoms. The zero-order chi connectivity index (χ0) is 75.9. The van der Waals surface area contributed by atoms with Crippen LogP contribution in [0.1, 0.15) is 229 Å². The first kappa shape index (κ1) is 88.6. The molecule has 0 unspecified atom stereocenters. The first-order chi connectivity index (χ1) is 49.8. The molecule has 0 aliphatic carbocycles. The molecule has 7 fully saturated rings. The van der Waals surface area contributed by atoms with Gasteiger partial charge in [-0.1, -0.05) is 143 Å². The van der Waals surface area contributed by atoms with Crippen molar-refractivity contribution >= 4 is 17.9 Å². The Balaban J connectivity index is 1.03. The highest BCUT2D eigenvalue weighted by Gasteiger charge is 2.58. The van der Waals surface area contributed by atoms with Crippen LogP contribution in [0.2, 0.25) is 0 Å². The minimum Gasteiger partial charge on any atom is -0.456 e. The second-order valence-electron chi connectivity index (χ2n) is 29.7. The molecule has 0 aromatic carbocycles. The van der Waals surface area contributed by atoms with Gasteiger partial charge in [-0.15, -0.1) is 0 Å². The molecule has 7 heterocycles. The highest BCUT2D eigenvalue weighted by Crippen LogP contribution is 2.39. The fourth-order valence-electron chi connectivity index (χ4n) is 14.5. The largest absolute Gasteiger partial charge is 0.456 e. The average Bonchev–Trinajstić information content (AvgIpc) is 0.783. The topological polar surface area (TPSA) is 453 Å². The van der Waals surface area contributed by atoms with Gasteiger partial charge in [0.1, 0.15) is 97.7 Å². The summed E-state index contributed by atoms with van der Waals surface area (Å²) in [5.41, 5.74) is 0. The van der Waals surface area contributed by atoms with Gasteiger partial charge >= 0.3 is 17.9 Å². The number of carbonyl (C=O) groups excluding carboxylic acids is 3. The number of ether oxygens (including phenoxy) is 15. The molecule has 7 saturated heterocycles. The summed E-state index contributed by atoms with van der Waals surface area (Å²) in [5.74, 6) is -2.69. The number of rotatable bonds is 30. The van der Waals surface area contributed by atoms with Crippen LogP contribution >= 0.6 is 0 Å². The van der Waals surface area contributed by atoms with Crippen LogP contribution in [0.15, 0.2) is 0 Å². The van der Waals surface area contributed by atoms with Gasteiger partial charge in [0.05, 0.1) is 55.8 Å². The van der Waals surface area contributed by atoms with Crippen molar-refractivity contribution in [1.29, 1.82) is 0 Å². The Hall–Kier alpha value is -2.59. The van der Waals surface area contributed by atoms with Gasteiger partial charge in [-0.2, -0.15) is 0 Å². The zero-order valence-electron chi connectivity index (χ0n) is 62.2. The maximum atomic E-state index is 14.2. The Labute approximate surface area is 611 Å². The molecule has 13 N–H and O–H groups in total. The molecule has 31 nitrogen and oxygen atoms in total. The first-order valence-corrected chi connectivity index (χ1v) is 38.9. The molecule has 7 aliphatic heterocycles. The molecule has 33 atom stereocenters. The van der Waals surface area contributed by atoms with E-state index in [1.807, 2.05) is 0 Å². The predicted octanol–water partition coefficient (Wildman–Crippen LogP) is 2.66. The van der Waals surface area contributed by atoms with Gasteiger partial charge in [0.25, 0.3) is 0 Å². The Morgan fingerprint density at radius 3 is 1.62 bits per heavy atom. The third-order valence-corrected chi connectivity index (χ3v) is 21.4. The predicted molar refractivity (Wildman–Crippen MR) is 365 cm³/mol. The summed E-state index contributed by atoms with van der Waals surface area (Å²) in [4.78, 5) is 41.3. The van der Waals surface area contributed by atoms with Crippen LogP contribution in [-0.4, -0.2) is 294 Å². The lowest BCUT2D eigenvalue weighted by molar-refractivity contribution is -0.393. The van der Waals surface area contributed by atoms with Crippen LogP contribution in [0.3, 0.4) is 0 Å². The number of esters is 3. The Morgan fingerprint density at radius 1 is 0.442 bits per heavy atom. The monoisotopic (exact) mass is 1500 g/mol. The van der Waals surface area contributed by atoms with Crippen LogP contribution in [-0.2, 0) is 85.4 Å². The lowest BCUT2D eigenvalue weighted by Crippen LogP contribution is -2.67. The third kappa shape index (κ3) is 24.7. The van der Waals surface area contributed by atoms with Gasteiger partial charge in [-0.05, 0) is 72.6 Å². The van der Waals surface area contributed by atoms with E-state index in [1.54, 1.807) is 27.7 Å². The minimum absolute atomic E-state index is 0.0378. The van der Waals surface area contributed by atoms with E-state index in [9.17, 15) is 80.8 Å². The van der Waals surface area contributed by atoms with Gasteiger partial charge < -0.3 is 137 Å². The highest BCUT2D eigenvalue weighted by atomic mass is 16.8. The van der Waals surface area contributed by atoms with Gasteiger partial charge in [-0.3, -0.25) is 14.4 Å². The van der Waals surface area contributed by atoms with Crippen molar-refractivity contribution in [2.75, 3.05) is 13.2 Å². The molecule has 0 saturated carbocycles. The van der Waals surface area contributed by atoms with Gasteiger partial charge in [0, 0.05) is 12.8 Å². The van der Waals surface area contributed by atoms with Gasteiger partial charge in [0.15, 0.2) is 62.2 Å². The molecule has 0 aromatic heterocycles. The van der Waals surface area contributed by atoms with Crippen molar-refractivity contribution in [3.05, 3.63) is 0 Å². The number of aliphatic hydroxyl groups excluding tert-OH is 13. The fourth-order valence-corrected chi connectivity index (χ4v) is 14.5. The Kier molecular flexibility index (Phi) is 37.9. The van der Waals surface area contributed by atoms with Crippen molar-refractivity contribution in [1.82, 2.24) is 0 Å². The van der Waals surface area contributed by atoms with Crippen LogP contribution in [0, 0.1) is 5.92 Å². The first-order valence-electron chi connectivity index (χ1n) is 38.9. The summed E-state index contributed by atoms with van der Waals surface area (Å²) in [7, 11) is 0. The summed E-state index contributed by atoms with van der Waals surface area (Å²) in [6.07, 6.45) is -28.9. The number of aliphatic hydroxyl groups is 13. The number of hydrogen-bond donors (Lipinski definition) is 13. The SMILES string of the molecule is CCCCC[C@@H](CCCCCCCCCC(=O)O[C@H]1[C@H](O)[C@@H](CO)O[C@H]2O[C@H]3[C@H](O[C@@H](CCCCC)CCCCCCCCCC(=O)O[C@H]4[C@H](O[C@@H]21)O[C@@H](C)[C@H](OC(=O)[C@@H](C)CC)[C@H]4O)O[C@H](C)[C@H](O)[C@@H]3O)O[C@@H]1O[C@H](C)[C@H](O)[C@H](O)[C@H]1O[C@@H]1O[C@H](CO)[C@@H](O)[C@H](O)[C@H]1O[C@@H]1O[C@H](C)[C@@H](O)[C@H](O)[C@H]1O. The normalized spacial score (nSPS) is 41.7. The van der Waals surface area contributed by atoms with Crippen LogP contribution < -0.4 is 0 Å². The quantitative estimate of drug-likeness (QED) is 0.0279. The smallest absolute Gasteiger partial charge is 0.309 e. The molecule has 104 heavy (non-hydrogen) atoms. The molecule has 0 spiro atoms. The van der Waals surface area contributed by atoms with E-state index >= 15 is 0 Å². The number of hydrogen-bond acceptors (Lipinski definition) is 31. The summed E-state index contributed by atoms with van der Waals surface area (Å²) < 4.78 is 93.3. The molecular weight excluding hydrogens is 1370 g/mol. The molecule has 0 radical (unpaired) electrons. The van der Waals surface area contributed by atoms with E-state index in [4.69, 9.17) is 71.1 Å². The molecule has 7 rings (SSSR count). The van der Waals surface area contributed by atoms with Crippen molar-refractivity contribution in [3.63, 3.8) is 0 Å². The molecule has 0 aromatic rings. The summed E-state index contributed by atoms with van der Waals surface area (Å²) in [6.45, 7) is 12.1. The number of unbranched alkanes of at least 4 members (excludes halogenated alkanes) is 10. The van der Waals surface area contributed by atoms with Crippen molar-refractivity contribution in [2.24, 2.45) is 5.92 Å². The van der Waals surface area contributed by atoms with E-state index in [0.717, 1.165) is 96.3 Å². The van der Waals surface area contributed by atoms with E-state index in [0.29, 0.717) is 64.2 Å². The molecule has 0 amide bonds. The number of fused-ring (bicyclic) bond motifs is 3. The van der Waals surface area contributed by atoms with Crippen LogP contribution in [0.5, 0.6) is 0 Å². The molecule has 7 aliphatic rings. The maximum absolute atomic E-state index is 14.2. The second kappa shape index (κ2) is 44.5. The summed E-state index contributed by atoms with van der Waals surface area (Å²) >= 11 is 0. The van der Waals surface area contributed by atoms with Crippen LogP contribution in [0.25, 0.3) is 0 Å². The second-order valence-corrected chi connectivity index (χ2v) is 29.7.